The topological polar surface area (TPSA) is 0 Å². The average molecular weight is 414 g/mol. The van der Waals surface area contributed by atoms with Crippen LogP contribution in [-0.2, 0) is 20.8 Å². The van der Waals surface area contributed by atoms with Crippen molar-refractivity contribution < 1.29 is 20.8 Å². The second kappa shape index (κ2) is 14.2. The molecule has 0 saturated heterocycles. The zero-order chi connectivity index (χ0) is 16.8. The Kier molecular flexibility index (Phi) is 14.0. The molecule has 0 saturated carbocycles. The fourth-order valence-corrected chi connectivity index (χ4v) is 1.78. The van der Waals surface area contributed by atoms with E-state index >= 15 is 0 Å². The Morgan fingerprint density at radius 1 is 1.18 bits per heavy atom. The maximum atomic E-state index is 4.93. The van der Waals surface area contributed by atoms with Crippen LogP contribution in [0.25, 0.3) is 10.8 Å². The van der Waals surface area contributed by atoms with Gasteiger partial charge in [-0.2, -0.15) is 36.8 Å². The predicted octanol–water partition coefficient (Wildman–Crippen LogP) is 7.19. The summed E-state index contributed by atoms with van der Waals surface area (Å²) in [6.07, 6.45) is 1.00. The third-order valence-corrected chi connectivity index (χ3v) is 2.70. The Labute approximate surface area is 153 Å². The average Bonchev–Trinajstić information content (AvgIpc) is 3.15. The molecule has 0 aromatic heterocycles. The van der Waals surface area contributed by atoms with E-state index in [2.05, 4.69) is 51.1 Å². The van der Waals surface area contributed by atoms with Crippen molar-refractivity contribution in [2.24, 2.45) is 0 Å². The number of aryl methyl sites for hydroxylation is 2. The molecule has 0 atom stereocenters. The number of fused-ring (bicyclic) bond motifs is 1. The van der Waals surface area contributed by atoms with E-state index in [1.54, 1.807) is 0 Å². The molecule has 0 aliphatic carbocycles. The van der Waals surface area contributed by atoms with Crippen LogP contribution in [-0.4, -0.2) is 0 Å². The van der Waals surface area contributed by atoms with E-state index in [0.29, 0.717) is 0 Å². The van der Waals surface area contributed by atoms with E-state index in [0.717, 1.165) is 6.42 Å². The third-order valence-electron chi connectivity index (χ3n) is 2.70. The van der Waals surface area contributed by atoms with Crippen LogP contribution in [0.1, 0.15) is 24.5 Å². The summed E-state index contributed by atoms with van der Waals surface area (Å²) in [5, 5.41) is 2.75. The number of rotatable bonds is 0. The number of benzene rings is 1. The Balaban J connectivity index is 0.000000335. The summed E-state index contributed by atoms with van der Waals surface area (Å²) >= 11 is -0.826. The van der Waals surface area contributed by atoms with Gasteiger partial charge in [-0.1, -0.05) is 25.5 Å². The SMILES string of the molecule is Cc1ccc2cc[c-](C)c2c1.[CH2-]CC.[Cl][Zr][Cl].c1cc[cH-]c1. The van der Waals surface area contributed by atoms with Gasteiger partial charge >= 0.3 is 37.9 Å². The van der Waals surface area contributed by atoms with Gasteiger partial charge in [0.05, 0.1) is 0 Å². The molecule has 3 heteroatoms. The van der Waals surface area contributed by atoms with Crippen LogP contribution in [0, 0.1) is 20.8 Å². The minimum absolute atomic E-state index is 0.826. The third kappa shape index (κ3) is 9.62. The number of hydrogen-bond acceptors (Lipinski definition) is 0. The summed E-state index contributed by atoms with van der Waals surface area (Å²) in [5.74, 6) is 0. The molecule has 0 unspecified atom stereocenters. The molecule has 120 valence electrons. The minimum atomic E-state index is -0.826. The van der Waals surface area contributed by atoms with E-state index in [9.17, 15) is 0 Å². The summed E-state index contributed by atoms with van der Waals surface area (Å²) in [4.78, 5) is 0. The Hall–Kier alpha value is -0.357. The largest absolute Gasteiger partial charge is 0.214 e. The molecule has 0 N–H and O–H groups in total. The summed E-state index contributed by atoms with van der Waals surface area (Å²) in [7, 11) is 9.87. The summed E-state index contributed by atoms with van der Waals surface area (Å²) in [5.41, 5.74) is 2.72. The van der Waals surface area contributed by atoms with E-state index in [4.69, 9.17) is 17.0 Å². The fraction of sp³-hybridized carbons (Fsp3) is 0.211. The molecular formula is C19H23Cl2Zr-3. The van der Waals surface area contributed by atoms with Crippen LogP contribution in [0.3, 0.4) is 0 Å². The van der Waals surface area contributed by atoms with Crippen LogP contribution >= 0.6 is 17.0 Å². The van der Waals surface area contributed by atoms with Gasteiger partial charge in [0.15, 0.2) is 0 Å². The molecule has 0 amide bonds. The summed E-state index contributed by atoms with van der Waals surface area (Å²) < 4.78 is 0. The monoisotopic (exact) mass is 411 g/mol. The smallest absolute Gasteiger partial charge is 0.172 e. The van der Waals surface area contributed by atoms with Gasteiger partial charge in [-0.25, -0.2) is 12.1 Å². The van der Waals surface area contributed by atoms with Gasteiger partial charge in [-0.3, -0.25) is 0 Å². The maximum absolute atomic E-state index is 4.93. The van der Waals surface area contributed by atoms with Gasteiger partial charge in [0.25, 0.3) is 0 Å². The Bertz CT molecular complexity index is 563. The standard InChI is InChI=1S/C11H11.C5H5.C3H7.2ClH.Zr/c1-8-3-5-10-6-4-9(2)11(10)7-8;1-2-4-5-3-1;1-3-2;;;/h3-7H,1-2H3;1-5H;1,3H2,2H3;2*1H;/q3*-1;;;+2/p-2. The first-order valence-corrected chi connectivity index (χ1v) is 13.5. The zero-order valence-electron chi connectivity index (χ0n) is 13.4. The van der Waals surface area contributed by atoms with Gasteiger partial charge in [0.2, 0.25) is 0 Å². The summed E-state index contributed by atoms with van der Waals surface area (Å²) in [6.45, 7) is 9.79. The first-order chi connectivity index (χ1) is 10.6. The second-order valence-electron chi connectivity index (χ2n) is 4.64. The Morgan fingerprint density at radius 2 is 1.73 bits per heavy atom. The Morgan fingerprint density at radius 3 is 2.18 bits per heavy atom. The van der Waals surface area contributed by atoms with Crippen molar-refractivity contribution in [1.82, 2.24) is 0 Å². The molecule has 0 spiro atoms. The first kappa shape index (κ1) is 21.6. The maximum Gasteiger partial charge on any atom is -0.172 e. The van der Waals surface area contributed by atoms with Gasteiger partial charge < -0.3 is 6.92 Å². The van der Waals surface area contributed by atoms with Gasteiger partial charge in [0, 0.05) is 0 Å². The van der Waals surface area contributed by atoms with Crippen LogP contribution < -0.4 is 0 Å². The van der Waals surface area contributed by atoms with Crippen LogP contribution in [0.15, 0.2) is 60.7 Å². The number of hydrogen-bond donors (Lipinski definition) is 0. The van der Waals surface area contributed by atoms with E-state index < -0.39 is 20.8 Å². The molecule has 0 nitrogen and oxygen atoms in total. The van der Waals surface area contributed by atoms with Crippen LogP contribution in [0.2, 0.25) is 0 Å². The van der Waals surface area contributed by atoms with Crippen molar-refractivity contribution in [3.8, 4) is 0 Å². The molecular weight excluding hydrogens is 390 g/mol. The van der Waals surface area contributed by atoms with Crippen molar-refractivity contribution in [1.29, 1.82) is 0 Å². The molecule has 0 bridgehead atoms. The second-order valence-corrected chi connectivity index (χ2v) is 8.37. The molecule has 3 aromatic carbocycles. The van der Waals surface area contributed by atoms with Crippen molar-refractivity contribution >= 4 is 27.8 Å². The van der Waals surface area contributed by atoms with Gasteiger partial charge in [-0.05, 0) is 6.92 Å². The first-order valence-electron chi connectivity index (χ1n) is 7.15. The van der Waals surface area contributed by atoms with Gasteiger partial charge in [0.1, 0.15) is 0 Å². The van der Waals surface area contributed by atoms with Crippen molar-refractivity contribution in [2.75, 3.05) is 0 Å². The predicted molar refractivity (Wildman–Crippen MR) is 98.4 cm³/mol. The van der Waals surface area contributed by atoms with Gasteiger partial charge in [-0.15, -0.1) is 28.5 Å². The molecule has 0 aliphatic heterocycles. The van der Waals surface area contributed by atoms with E-state index in [1.807, 2.05) is 37.3 Å². The van der Waals surface area contributed by atoms with Crippen molar-refractivity contribution in [2.45, 2.75) is 27.2 Å². The molecule has 3 rings (SSSR count). The quantitative estimate of drug-likeness (QED) is 0.342. The van der Waals surface area contributed by atoms with Crippen LogP contribution in [0.4, 0.5) is 0 Å². The zero-order valence-corrected chi connectivity index (χ0v) is 17.4. The molecule has 0 heterocycles. The molecule has 22 heavy (non-hydrogen) atoms. The number of halogens is 2. The summed E-state index contributed by atoms with van der Waals surface area (Å²) in [6, 6.07) is 20.9. The fourth-order valence-electron chi connectivity index (χ4n) is 1.78. The normalized spacial score (nSPS) is 8.64. The molecule has 0 radical (unpaired) electrons. The van der Waals surface area contributed by atoms with E-state index in [-0.39, 0.29) is 0 Å². The molecule has 3 aromatic rings. The van der Waals surface area contributed by atoms with Crippen LogP contribution in [0.5, 0.6) is 0 Å². The minimum Gasteiger partial charge on any atom is -0.214 e. The molecule has 0 aliphatic rings. The molecule has 0 fully saturated rings. The van der Waals surface area contributed by atoms with E-state index in [1.165, 1.54) is 21.9 Å². The van der Waals surface area contributed by atoms with Crippen molar-refractivity contribution in [3.63, 3.8) is 0 Å². The van der Waals surface area contributed by atoms with Crippen molar-refractivity contribution in [3.05, 3.63) is 78.7 Å².